The predicted octanol–water partition coefficient (Wildman–Crippen LogP) is -2.43. The van der Waals surface area contributed by atoms with E-state index in [4.69, 9.17) is 16.6 Å². The molecule has 13 heteroatoms. The fourth-order valence-corrected chi connectivity index (χ4v) is 3.03. The van der Waals surface area contributed by atoms with Crippen LogP contribution in [-0.2, 0) is 36.8 Å². The van der Waals surface area contributed by atoms with Crippen LogP contribution in [0.25, 0.3) is 0 Å². The quantitative estimate of drug-likeness (QED) is 0.165. The van der Waals surface area contributed by atoms with Gasteiger partial charge in [0.2, 0.25) is 23.6 Å². The van der Waals surface area contributed by atoms with Gasteiger partial charge < -0.3 is 37.5 Å². The van der Waals surface area contributed by atoms with Gasteiger partial charge in [-0.05, 0) is 12.0 Å². The number of carboxylic acids is 1. The third-order valence-electron chi connectivity index (χ3n) is 4.70. The van der Waals surface area contributed by atoms with E-state index in [1.165, 1.54) is 12.5 Å². The van der Waals surface area contributed by atoms with Crippen LogP contribution in [-0.4, -0.2) is 69.3 Å². The number of hydrogen-bond acceptors (Lipinski definition) is 7. The molecule has 0 aliphatic rings. The molecule has 3 atom stereocenters. The zero-order valence-electron chi connectivity index (χ0n) is 18.2. The topological polar surface area (TPSA) is 222 Å². The largest absolute Gasteiger partial charge is 0.480 e. The van der Waals surface area contributed by atoms with Crippen molar-refractivity contribution < 1.29 is 29.1 Å². The van der Waals surface area contributed by atoms with Gasteiger partial charge in [-0.25, -0.2) is 4.98 Å². The molecule has 13 nitrogen and oxygen atoms in total. The number of carboxylic acid groups (broad SMARTS) is 1. The minimum absolute atomic E-state index is 0.0182. The van der Waals surface area contributed by atoms with E-state index in [-0.39, 0.29) is 12.8 Å². The van der Waals surface area contributed by atoms with E-state index in [9.17, 15) is 24.0 Å². The number of aromatic amines is 1. The van der Waals surface area contributed by atoms with E-state index in [0.29, 0.717) is 5.69 Å². The SMILES string of the molecule is NC(=O)CC(NC(=O)C(Cc1cnc[nH]1)NC(=O)C(N)Cc1ccccc1)C(=O)NCC(=O)O. The third kappa shape index (κ3) is 8.70. The molecule has 2 aromatic rings. The lowest BCUT2D eigenvalue weighted by molar-refractivity contribution is -0.138. The Balaban J connectivity index is 2.12. The maximum absolute atomic E-state index is 13.0. The van der Waals surface area contributed by atoms with Gasteiger partial charge in [-0.1, -0.05) is 30.3 Å². The molecule has 9 N–H and O–H groups in total. The Hall–Kier alpha value is -4.26. The number of carbonyl (C=O) groups excluding carboxylic acids is 4. The number of rotatable bonds is 13. The third-order valence-corrected chi connectivity index (χ3v) is 4.70. The minimum Gasteiger partial charge on any atom is -0.480 e. The molecule has 34 heavy (non-hydrogen) atoms. The molecular formula is C21H27N7O6. The van der Waals surface area contributed by atoms with Crippen molar-refractivity contribution in [1.29, 1.82) is 0 Å². The average molecular weight is 473 g/mol. The summed E-state index contributed by atoms with van der Waals surface area (Å²) in [6, 6.07) is 5.49. The molecule has 0 fully saturated rings. The predicted molar refractivity (Wildman–Crippen MR) is 119 cm³/mol. The lowest BCUT2D eigenvalue weighted by Crippen LogP contribution is -2.57. The van der Waals surface area contributed by atoms with Crippen molar-refractivity contribution in [2.24, 2.45) is 11.5 Å². The monoisotopic (exact) mass is 473 g/mol. The van der Waals surface area contributed by atoms with Gasteiger partial charge >= 0.3 is 5.97 Å². The number of hydrogen-bond donors (Lipinski definition) is 7. The van der Waals surface area contributed by atoms with Crippen LogP contribution < -0.4 is 27.4 Å². The van der Waals surface area contributed by atoms with Gasteiger partial charge in [0.15, 0.2) is 0 Å². The van der Waals surface area contributed by atoms with Gasteiger partial charge in [0.25, 0.3) is 0 Å². The molecule has 0 aliphatic carbocycles. The van der Waals surface area contributed by atoms with E-state index in [1.54, 1.807) is 0 Å². The van der Waals surface area contributed by atoms with Crippen LogP contribution in [0.15, 0.2) is 42.9 Å². The number of aromatic nitrogens is 2. The van der Waals surface area contributed by atoms with Crippen molar-refractivity contribution in [3.8, 4) is 0 Å². The van der Waals surface area contributed by atoms with Gasteiger partial charge in [-0.2, -0.15) is 0 Å². The number of aliphatic carboxylic acids is 1. The molecule has 2 rings (SSSR count). The molecule has 0 bridgehead atoms. The average Bonchev–Trinajstić information content (AvgIpc) is 3.30. The summed E-state index contributed by atoms with van der Waals surface area (Å²) in [6.07, 6.45) is 2.48. The molecule has 3 unspecified atom stereocenters. The molecule has 0 spiro atoms. The lowest BCUT2D eigenvalue weighted by atomic mass is 10.0. The van der Waals surface area contributed by atoms with Crippen molar-refractivity contribution in [3.63, 3.8) is 0 Å². The number of amides is 4. The molecule has 182 valence electrons. The van der Waals surface area contributed by atoms with E-state index in [2.05, 4.69) is 25.9 Å². The van der Waals surface area contributed by atoms with Crippen LogP contribution in [0.3, 0.4) is 0 Å². The molecule has 0 saturated carbocycles. The number of nitrogens with one attached hydrogen (secondary N) is 4. The standard InChI is InChI=1S/C21H27N7O6/c22-14(6-12-4-2-1-3-5-12)19(32)27-15(7-13-9-24-11-26-13)21(34)28-16(8-17(23)29)20(33)25-10-18(30)31/h1-5,9,11,14-16H,6-8,10,22H2,(H2,23,29)(H,24,26)(H,25,33)(H,27,32)(H,28,34)(H,30,31). The van der Waals surface area contributed by atoms with Gasteiger partial charge in [0.05, 0.1) is 18.8 Å². The Kier molecular flexibility index (Phi) is 9.71. The Morgan fingerprint density at radius 3 is 2.24 bits per heavy atom. The summed E-state index contributed by atoms with van der Waals surface area (Å²) in [5.41, 5.74) is 12.5. The normalized spacial score (nSPS) is 13.2. The number of benzene rings is 1. The molecule has 0 saturated heterocycles. The fraction of sp³-hybridized carbons (Fsp3) is 0.333. The van der Waals surface area contributed by atoms with Crippen molar-refractivity contribution in [2.75, 3.05) is 6.54 Å². The smallest absolute Gasteiger partial charge is 0.322 e. The van der Waals surface area contributed by atoms with E-state index in [1.807, 2.05) is 30.3 Å². The molecular weight excluding hydrogens is 446 g/mol. The maximum atomic E-state index is 13.0. The highest BCUT2D eigenvalue weighted by Crippen LogP contribution is 2.05. The fourth-order valence-electron chi connectivity index (χ4n) is 3.03. The number of carbonyl (C=O) groups is 5. The van der Waals surface area contributed by atoms with Crippen LogP contribution in [0.5, 0.6) is 0 Å². The zero-order chi connectivity index (χ0) is 25.1. The lowest BCUT2D eigenvalue weighted by Gasteiger charge is -2.23. The Morgan fingerprint density at radius 2 is 1.65 bits per heavy atom. The first-order valence-electron chi connectivity index (χ1n) is 10.3. The number of nitrogens with zero attached hydrogens (tertiary/aromatic N) is 1. The summed E-state index contributed by atoms with van der Waals surface area (Å²) >= 11 is 0. The van der Waals surface area contributed by atoms with Gasteiger partial charge in [-0.15, -0.1) is 0 Å². The van der Waals surface area contributed by atoms with Gasteiger partial charge in [0.1, 0.15) is 18.6 Å². The molecule has 0 radical (unpaired) electrons. The van der Waals surface area contributed by atoms with Crippen LogP contribution in [0.4, 0.5) is 0 Å². The van der Waals surface area contributed by atoms with Crippen molar-refractivity contribution in [2.45, 2.75) is 37.4 Å². The molecule has 1 heterocycles. The second kappa shape index (κ2) is 12.7. The van der Waals surface area contributed by atoms with E-state index < -0.39 is 60.7 Å². The van der Waals surface area contributed by atoms with Crippen molar-refractivity contribution >= 4 is 29.6 Å². The summed E-state index contributed by atoms with van der Waals surface area (Å²) in [5.74, 6) is -4.53. The number of nitrogens with two attached hydrogens (primary N) is 2. The van der Waals surface area contributed by atoms with E-state index in [0.717, 1.165) is 5.56 Å². The number of imidazole rings is 1. The van der Waals surface area contributed by atoms with Crippen molar-refractivity contribution in [3.05, 3.63) is 54.1 Å². The highest BCUT2D eigenvalue weighted by Gasteiger charge is 2.29. The van der Waals surface area contributed by atoms with Crippen LogP contribution in [0.2, 0.25) is 0 Å². The number of H-pyrrole nitrogens is 1. The summed E-state index contributed by atoms with van der Waals surface area (Å²) in [4.78, 5) is 66.7. The number of primary amides is 1. The van der Waals surface area contributed by atoms with Crippen molar-refractivity contribution in [1.82, 2.24) is 25.9 Å². The first-order valence-corrected chi connectivity index (χ1v) is 10.3. The second-order valence-electron chi connectivity index (χ2n) is 7.48. The highest BCUT2D eigenvalue weighted by molar-refractivity contribution is 5.95. The van der Waals surface area contributed by atoms with Crippen LogP contribution in [0.1, 0.15) is 17.7 Å². The Labute approximate surface area is 194 Å². The van der Waals surface area contributed by atoms with Crippen LogP contribution in [0, 0.1) is 0 Å². The maximum Gasteiger partial charge on any atom is 0.322 e. The summed E-state index contributed by atoms with van der Waals surface area (Å²) in [6.45, 7) is -0.716. The van der Waals surface area contributed by atoms with Gasteiger partial charge in [-0.3, -0.25) is 24.0 Å². The summed E-state index contributed by atoms with van der Waals surface area (Å²) in [7, 11) is 0. The van der Waals surface area contributed by atoms with Gasteiger partial charge in [0, 0.05) is 18.3 Å². The first kappa shape index (κ1) is 26.0. The summed E-state index contributed by atoms with van der Waals surface area (Å²) < 4.78 is 0. The zero-order valence-corrected chi connectivity index (χ0v) is 18.2. The molecule has 1 aromatic carbocycles. The van der Waals surface area contributed by atoms with E-state index >= 15 is 0 Å². The Morgan fingerprint density at radius 1 is 0.971 bits per heavy atom. The molecule has 1 aromatic heterocycles. The first-order chi connectivity index (χ1) is 16.2. The molecule has 0 aliphatic heterocycles. The highest BCUT2D eigenvalue weighted by atomic mass is 16.4. The van der Waals surface area contributed by atoms with Crippen LogP contribution >= 0.6 is 0 Å². The molecule has 4 amide bonds. The second-order valence-corrected chi connectivity index (χ2v) is 7.48. The Bertz CT molecular complexity index is 996. The minimum atomic E-state index is -1.44. The summed E-state index contributed by atoms with van der Waals surface area (Å²) in [5, 5.41) is 15.7.